The number of carbonyl (C=O) groups is 1. The Morgan fingerprint density at radius 1 is 1.25 bits per heavy atom. The van der Waals surface area contributed by atoms with E-state index in [-0.39, 0.29) is 18.3 Å². The van der Waals surface area contributed by atoms with Gasteiger partial charge in [0.1, 0.15) is 11.6 Å². The Morgan fingerprint density at radius 3 is 2.20 bits per heavy atom. The molecule has 0 spiro atoms. The number of ether oxygens (including phenoxy) is 2. The fraction of sp³-hybridized carbons (Fsp3) is 0.923. The molecular formula is C13H27NO5S. The van der Waals surface area contributed by atoms with Gasteiger partial charge >= 0.3 is 5.97 Å². The van der Waals surface area contributed by atoms with Crippen molar-refractivity contribution in [2.75, 3.05) is 19.0 Å². The number of sulfonamides is 1. The van der Waals surface area contributed by atoms with Gasteiger partial charge in [0, 0.05) is 6.61 Å². The number of esters is 1. The number of carbonyl (C=O) groups excluding carboxylic acids is 1. The summed E-state index contributed by atoms with van der Waals surface area (Å²) in [5.74, 6) is -0.938. The van der Waals surface area contributed by atoms with E-state index in [0.717, 1.165) is 0 Å². The van der Waals surface area contributed by atoms with Crippen LogP contribution in [0.2, 0.25) is 0 Å². The van der Waals surface area contributed by atoms with Crippen LogP contribution in [0.4, 0.5) is 0 Å². The lowest BCUT2D eigenvalue weighted by atomic mass is 10.1. The average molecular weight is 309 g/mol. The molecule has 120 valence electrons. The Balaban J connectivity index is 4.74. The van der Waals surface area contributed by atoms with Gasteiger partial charge in [0.2, 0.25) is 10.0 Å². The molecule has 6 nitrogen and oxygen atoms in total. The number of hydrogen-bond acceptors (Lipinski definition) is 5. The highest BCUT2D eigenvalue weighted by molar-refractivity contribution is 7.89. The maximum Gasteiger partial charge on any atom is 0.324 e. The predicted octanol–water partition coefficient (Wildman–Crippen LogP) is 1.31. The molecule has 20 heavy (non-hydrogen) atoms. The summed E-state index contributed by atoms with van der Waals surface area (Å²) in [5.41, 5.74) is -0.652. The molecule has 7 heteroatoms. The van der Waals surface area contributed by atoms with Crippen LogP contribution in [0.25, 0.3) is 0 Å². The third-order valence-corrected chi connectivity index (χ3v) is 3.65. The van der Waals surface area contributed by atoms with Crippen molar-refractivity contribution in [3.63, 3.8) is 0 Å². The van der Waals surface area contributed by atoms with E-state index < -0.39 is 27.6 Å². The summed E-state index contributed by atoms with van der Waals surface area (Å²) in [6.07, 6.45) is 0. The largest absolute Gasteiger partial charge is 0.459 e. The van der Waals surface area contributed by atoms with Crippen LogP contribution in [-0.2, 0) is 24.3 Å². The quantitative estimate of drug-likeness (QED) is 0.540. The molecule has 0 rings (SSSR count). The van der Waals surface area contributed by atoms with E-state index >= 15 is 0 Å². The molecule has 0 radical (unpaired) electrons. The van der Waals surface area contributed by atoms with Gasteiger partial charge in [0.05, 0.1) is 12.4 Å². The maximum atomic E-state index is 12.0. The van der Waals surface area contributed by atoms with Gasteiger partial charge in [-0.3, -0.25) is 4.79 Å². The highest BCUT2D eigenvalue weighted by Crippen LogP contribution is 2.13. The lowest BCUT2D eigenvalue weighted by molar-refractivity contribution is -0.158. The first kappa shape index (κ1) is 19.3. The van der Waals surface area contributed by atoms with Crippen molar-refractivity contribution in [3.8, 4) is 0 Å². The Morgan fingerprint density at radius 2 is 1.80 bits per heavy atom. The number of hydrogen-bond donors (Lipinski definition) is 1. The molecule has 0 saturated heterocycles. The molecule has 0 aliphatic rings. The molecule has 0 aromatic heterocycles. The molecule has 1 atom stereocenters. The highest BCUT2D eigenvalue weighted by Gasteiger charge is 2.31. The van der Waals surface area contributed by atoms with Crippen LogP contribution in [0.3, 0.4) is 0 Å². The van der Waals surface area contributed by atoms with Crippen molar-refractivity contribution in [1.82, 2.24) is 4.72 Å². The molecule has 1 N–H and O–H groups in total. The minimum atomic E-state index is -3.57. The first-order chi connectivity index (χ1) is 8.98. The molecule has 0 heterocycles. The second-order valence-electron chi connectivity index (χ2n) is 5.89. The molecule has 0 fully saturated rings. The van der Waals surface area contributed by atoms with Crippen molar-refractivity contribution in [2.45, 2.75) is 53.2 Å². The minimum absolute atomic E-state index is 0.102. The Labute approximate surface area is 122 Å². The predicted molar refractivity (Wildman–Crippen MR) is 77.9 cm³/mol. The summed E-state index contributed by atoms with van der Waals surface area (Å²) in [5, 5.41) is 0. The van der Waals surface area contributed by atoms with Crippen LogP contribution in [0.15, 0.2) is 0 Å². The first-order valence-electron chi connectivity index (χ1n) is 6.79. The van der Waals surface area contributed by atoms with Crippen molar-refractivity contribution >= 4 is 16.0 Å². The normalized spacial score (nSPS) is 14.3. The molecule has 0 aliphatic heterocycles. The van der Waals surface area contributed by atoms with Gasteiger partial charge in [0.15, 0.2) is 0 Å². The van der Waals surface area contributed by atoms with Crippen molar-refractivity contribution in [2.24, 2.45) is 5.92 Å². The fourth-order valence-electron chi connectivity index (χ4n) is 1.39. The zero-order chi connectivity index (χ0) is 16.0. The smallest absolute Gasteiger partial charge is 0.324 e. The van der Waals surface area contributed by atoms with E-state index in [2.05, 4.69) is 4.72 Å². The van der Waals surface area contributed by atoms with E-state index in [1.165, 1.54) is 0 Å². The van der Waals surface area contributed by atoms with E-state index in [9.17, 15) is 13.2 Å². The third kappa shape index (κ3) is 8.50. The minimum Gasteiger partial charge on any atom is -0.459 e. The molecular weight excluding hydrogens is 282 g/mol. The Bertz CT molecular complexity index is 397. The molecule has 0 saturated carbocycles. The van der Waals surface area contributed by atoms with E-state index in [1.54, 1.807) is 41.5 Å². The van der Waals surface area contributed by atoms with Crippen LogP contribution in [0, 0.1) is 5.92 Å². The van der Waals surface area contributed by atoms with Crippen molar-refractivity contribution < 1.29 is 22.7 Å². The SMILES string of the molecule is CCOCCS(=O)(=O)N[C@@H](C(=O)OC(C)(C)C)C(C)C. The summed E-state index contributed by atoms with van der Waals surface area (Å²) in [4.78, 5) is 12.0. The fourth-order valence-corrected chi connectivity index (χ4v) is 2.60. The Hall–Kier alpha value is -0.660. The van der Waals surface area contributed by atoms with Gasteiger partial charge in [-0.2, -0.15) is 0 Å². The van der Waals surface area contributed by atoms with Gasteiger partial charge in [-0.25, -0.2) is 13.1 Å². The summed E-state index contributed by atoms with van der Waals surface area (Å²) in [6.45, 7) is 11.1. The average Bonchev–Trinajstić information content (AvgIpc) is 2.23. The molecule has 0 aromatic carbocycles. The lowest BCUT2D eigenvalue weighted by Crippen LogP contribution is -2.48. The zero-order valence-electron chi connectivity index (χ0n) is 13.2. The molecule has 0 amide bonds. The van der Waals surface area contributed by atoms with Gasteiger partial charge < -0.3 is 9.47 Å². The molecule has 0 bridgehead atoms. The van der Waals surface area contributed by atoms with Crippen LogP contribution in [0.1, 0.15) is 41.5 Å². The van der Waals surface area contributed by atoms with Crippen LogP contribution < -0.4 is 4.72 Å². The van der Waals surface area contributed by atoms with Crippen LogP contribution >= 0.6 is 0 Å². The standard InChI is InChI=1S/C13H27NO5S/c1-7-18-8-9-20(16,17)14-11(10(2)3)12(15)19-13(4,5)6/h10-11,14H,7-9H2,1-6H3/t11-/m1/s1. The van der Waals surface area contributed by atoms with Gasteiger partial charge in [0.25, 0.3) is 0 Å². The summed E-state index contributed by atoms with van der Waals surface area (Å²) in [7, 11) is -3.57. The van der Waals surface area contributed by atoms with Gasteiger partial charge in [-0.1, -0.05) is 13.8 Å². The van der Waals surface area contributed by atoms with E-state index in [4.69, 9.17) is 9.47 Å². The topological polar surface area (TPSA) is 81.7 Å². The molecule has 0 unspecified atom stereocenters. The lowest BCUT2D eigenvalue weighted by Gasteiger charge is -2.26. The van der Waals surface area contributed by atoms with Gasteiger partial charge in [-0.05, 0) is 33.6 Å². The van der Waals surface area contributed by atoms with Crippen molar-refractivity contribution in [1.29, 1.82) is 0 Å². The summed E-state index contributed by atoms with van der Waals surface area (Å²) in [6, 6.07) is -0.888. The summed E-state index contributed by atoms with van der Waals surface area (Å²) < 4.78 is 36.4. The van der Waals surface area contributed by atoms with E-state index in [1.807, 2.05) is 0 Å². The van der Waals surface area contributed by atoms with Gasteiger partial charge in [-0.15, -0.1) is 0 Å². The second kappa shape index (κ2) is 7.95. The van der Waals surface area contributed by atoms with Crippen molar-refractivity contribution in [3.05, 3.63) is 0 Å². The van der Waals surface area contributed by atoms with E-state index in [0.29, 0.717) is 6.61 Å². The first-order valence-corrected chi connectivity index (χ1v) is 8.44. The third-order valence-electron chi connectivity index (χ3n) is 2.33. The van der Waals surface area contributed by atoms with Crippen LogP contribution in [-0.4, -0.2) is 45.0 Å². The molecule has 0 aromatic rings. The summed E-state index contributed by atoms with van der Waals surface area (Å²) >= 11 is 0. The number of rotatable bonds is 8. The zero-order valence-corrected chi connectivity index (χ0v) is 14.0. The Kier molecular flexibility index (Phi) is 7.69. The van der Waals surface area contributed by atoms with Crippen LogP contribution in [0.5, 0.6) is 0 Å². The maximum absolute atomic E-state index is 12.0. The number of nitrogens with one attached hydrogen (secondary N) is 1. The second-order valence-corrected chi connectivity index (χ2v) is 7.76. The monoisotopic (exact) mass is 309 g/mol. The highest BCUT2D eigenvalue weighted by atomic mass is 32.2. The molecule has 0 aliphatic carbocycles.